The van der Waals surface area contributed by atoms with Crippen LogP contribution in [-0.2, 0) is 22.4 Å². The average molecular weight is 329 g/mol. The summed E-state index contributed by atoms with van der Waals surface area (Å²) < 4.78 is 0. The number of nitrogens with two attached hydrogens (primary N) is 1. The summed E-state index contributed by atoms with van der Waals surface area (Å²) in [7, 11) is 0. The predicted molar refractivity (Wildman–Crippen MR) is 90.3 cm³/mol. The highest BCUT2D eigenvalue weighted by atomic mass is 35.5. The highest BCUT2D eigenvalue weighted by Crippen LogP contribution is 2.39. The molecule has 0 fully saturated rings. The van der Waals surface area contributed by atoms with Gasteiger partial charge in [-0.1, -0.05) is 41.9 Å². The van der Waals surface area contributed by atoms with Crippen molar-refractivity contribution in [1.29, 1.82) is 0 Å². The topological polar surface area (TPSA) is 72.2 Å². The number of hydrogen-bond acceptors (Lipinski definition) is 2. The van der Waals surface area contributed by atoms with Gasteiger partial charge in [-0.25, -0.2) is 0 Å². The Morgan fingerprint density at radius 3 is 2.65 bits per heavy atom. The summed E-state index contributed by atoms with van der Waals surface area (Å²) in [5, 5.41) is 3.43. The van der Waals surface area contributed by atoms with E-state index in [-0.39, 0.29) is 18.7 Å². The molecular formula is C18H17ClN2O2. The fourth-order valence-electron chi connectivity index (χ4n) is 3.14. The zero-order valence-corrected chi connectivity index (χ0v) is 13.5. The summed E-state index contributed by atoms with van der Waals surface area (Å²) in [5.74, 6) is -0.978. The number of fused-ring (bicyclic) bond motifs is 1. The first kappa shape index (κ1) is 15.6. The van der Waals surface area contributed by atoms with Crippen molar-refractivity contribution < 1.29 is 9.59 Å². The molecular weight excluding hydrogens is 312 g/mol. The summed E-state index contributed by atoms with van der Waals surface area (Å²) in [6.07, 6.45) is 0.514. The molecule has 0 bridgehead atoms. The molecule has 1 atom stereocenters. The largest absolute Gasteiger partial charge is 0.369 e. The molecule has 1 unspecified atom stereocenters. The fraction of sp³-hybridized carbons (Fsp3) is 0.222. The van der Waals surface area contributed by atoms with Gasteiger partial charge in [0.05, 0.1) is 0 Å². The lowest BCUT2D eigenvalue weighted by Gasteiger charge is -2.35. The molecule has 0 saturated heterocycles. The predicted octanol–water partition coefficient (Wildman–Crippen LogP) is 2.86. The van der Waals surface area contributed by atoms with Crippen LogP contribution in [0.15, 0.2) is 42.5 Å². The highest BCUT2D eigenvalue weighted by molar-refractivity contribution is 6.31. The van der Waals surface area contributed by atoms with E-state index in [9.17, 15) is 9.59 Å². The van der Waals surface area contributed by atoms with Gasteiger partial charge in [-0.15, -0.1) is 0 Å². The summed E-state index contributed by atoms with van der Waals surface area (Å²) in [4.78, 5) is 24.9. The molecule has 0 spiro atoms. The fourth-order valence-corrected chi connectivity index (χ4v) is 3.44. The normalized spacial score (nSPS) is 19.8. The first-order valence-electron chi connectivity index (χ1n) is 7.37. The molecule has 0 aromatic heterocycles. The van der Waals surface area contributed by atoms with Gasteiger partial charge in [-0.05, 0) is 48.6 Å². The van der Waals surface area contributed by atoms with Crippen LogP contribution >= 0.6 is 11.6 Å². The van der Waals surface area contributed by atoms with Crippen molar-refractivity contribution in [1.82, 2.24) is 0 Å². The van der Waals surface area contributed by atoms with Gasteiger partial charge in [0, 0.05) is 10.7 Å². The lowest BCUT2D eigenvalue weighted by molar-refractivity contribution is -0.138. The zero-order chi connectivity index (χ0) is 16.6. The molecule has 4 nitrogen and oxygen atoms in total. The molecule has 118 valence electrons. The first-order valence-corrected chi connectivity index (χ1v) is 7.74. The number of amides is 2. The molecule has 1 aliphatic heterocycles. The Balaban J connectivity index is 2.07. The average Bonchev–Trinajstić information content (AvgIpc) is 2.49. The SMILES string of the molecule is Cc1cc(Cl)cc2c1NC(=O)C(Cc1ccccc1)(C(N)=O)C2. The van der Waals surface area contributed by atoms with E-state index in [4.69, 9.17) is 17.3 Å². The lowest BCUT2D eigenvalue weighted by Crippen LogP contribution is -2.52. The number of benzene rings is 2. The molecule has 1 aliphatic rings. The number of carbonyl (C=O) groups excluding carboxylic acids is 2. The Hall–Kier alpha value is -2.33. The number of hydrogen-bond donors (Lipinski definition) is 2. The van der Waals surface area contributed by atoms with Gasteiger partial charge in [-0.3, -0.25) is 9.59 Å². The van der Waals surface area contributed by atoms with Gasteiger partial charge in [0.25, 0.3) is 0 Å². The van der Waals surface area contributed by atoms with Crippen molar-refractivity contribution in [2.45, 2.75) is 19.8 Å². The Bertz CT molecular complexity index is 789. The van der Waals surface area contributed by atoms with Crippen LogP contribution in [-0.4, -0.2) is 11.8 Å². The molecule has 3 N–H and O–H groups in total. The molecule has 1 heterocycles. The second-order valence-electron chi connectivity index (χ2n) is 6.00. The minimum absolute atomic E-state index is 0.250. The number of halogens is 1. The van der Waals surface area contributed by atoms with E-state index in [0.29, 0.717) is 5.02 Å². The summed E-state index contributed by atoms with van der Waals surface area (Å²) >= 11 is 6.12. The maximum atomic E-state index is 12.7. The molecule has 0 aliphatic carbocycles. The monoisotopic (exact) mass is 328 g/mol. The second kappa shape index (κ2) is 5.70. The van der Waals surface area contributed by atoms with Crippen LogP contribution in [0.4, 0.5) is 5.69 Å². The van der Waals surface area contributed by atoms with E-state index >= 15 is 0 Å². The van der Waals surface area contributed by atoms with E-state index in [2.05, 4.69) is 5.32 Å². The van der Waals surface area contributed by atoms with E-state index in [0.717, 1.165) is 22.4 Å². The van der Waals surface area contributed by atoms with Crippen LogP contribution in [0.3, 0.4) is 0 Å². The molecule has 2 aromatic rings. The van der Waals surface area contributed by atoms with Crippen LogP contribution in [0, 0.1) is 12.3 Å². The van der Waals surface area contributed by atoms with E-state index < -0.39 is 11.3 Å². The van der Waals surface area contributed by atoms with Gasteiger partial charge < -0.3 is 11.1 Å². The van der Waals surface area contributed by atoms with E-state index in [1.54, 1.807) is 12.1 Å². The minimum Gasteiger partial charge on any atom is -0.369 e. The molecule has 2 amide bonds. The third kappa shape index (κ3) is 2.70. The third-order valence-electron chi connectivity index (χ3n) is 4.37. The molecule has 3 rings (SSSR count). The van der Waals surface area contributed by atoms with Crippen molar-refractivity contribution in [3.63, 3.8) is 0 Å². The smallest absolute Gasteiger partial charge is 0.240 e. The highest BCUT2D eigenvalue weighted by Gasteiger charge is 2.48. The standard InChI is InChI=1S/C18H17ClN2O2/c1-11-7-14(19)8-13-10-18(16(20)22,17(23)21-15(11)13)9-12-5-3-2-4-6-12/h2-8H,9-10H2,1H3,(H2,20,22)(H,21,23). The number of carbonyl (C=O) groups is 2. The Kier molecular flexibility index (Phi) is 3.86. The lowest BCUT2D eigenvalue weighted by atomic mass is 9.72. The molecule has 2 aromatic carbocycles. The van der Waals surface area contributed by atoms with Gasteiger partial charge in [0.1, 0.15) is 5.41 Å². The number of aryl methyl sites for hydroxylation is 1. The van der Waals surface area contributed by atoms with Gasteiger partial charge in [-0.2, -0.15) is 0 Å². The number of primary amides is 1. The van der Waals surface area contributed by atoms with E-state index in [1.165, 1.54) is 0 Å². The van der Waals surface area contributed by atoms with Gasteiger partial charge in [0.15, 0.2) is 0 Å². The Labute approximate surface area is 139 Å². The van der Waals surface area contributed by atoms with Crippen LogP contribution < -0.4 is 11.1 Å². The van der Waals surface area contributed by atoms with Crippen molar-refractivity contribution in [3.05, 3.63) is 64.2 Å². The zero-order valence-electron chi connectivity index (χ0n) is 12.7. The van der Waals surface area contributed by atoms with Gasteiger partial charge >= 0.3 is 0 Å². The van der Waals surface area contributed by atoms with Crippen LogP contribution in [0.2, 0.25) is 5.02 Å². The summed E-state index contributed by atoms with van der Waals surface area (Å²) in [5.41, 5.74) is 7.67. The first-order chi connectivity index (χ1) is 10.9. The maximum Gasteiger partial charge on any atom is 0.240 e. The number of nitrogens with one attached hydrogen (secondary N) is 1. The quantitative estimate of drug-likeness (QED) is 0.850. The summed E-state index contributed by atoms with van der Waals surface area (Å²) in [6, 6.07) is 13.0. The van der Waals surface area contributed by atoms with Crippen molar-refractivity contribution in [3.8, 4) is 0 Å². The minimum atomic E-state index is -1.30. The van der Waals surface area contributed by atoms with Gasteiger partial charge in [0.2, 0.25) is 11.8 Å². The second-order valence-corrected chi connectivity index (χ2v) is 6.43. The maximum absolute atomic E-state index is 12.7. The van der Waals surface area contributed by atoms with Crippen LogP contribution in [0.25, 0.3) is 0 Å². The molecule has 0 saturated carbocycles. The Morgan fingerprint density at radius 1 is 1.30 bits per heavy atom. The Morgan fingerprint density at radius 2 is 2.00 bits per heavy atom. The molecule has 0 radical (unpaired) electrons. The van der Waals surface area contributed by atoms with Crippen molar-refractivity contribution in [2.24, 2.45) is 11.1 Å². The number of anilines is 1. The number of rotatable bonds is 3. The molecule has 23 heavy (non-hydrogen) atoms. The van der Waals surface area contributed by atoms with Crippen molar-refractivity contribution >= 4 is 29.1 Å². The van der Waals surface area contributed by atoms with Crippen LogP contribution in [0.1, 0.15) is 16.7 Å². The van der Waals surface area contributed by atoms with E-state index in [1.807, 2.05) is 37.3 Å². The third-order valence-corrected chi connectivity index (χ3v) is 4.59. The van der Waals surface area contributed by atoms with Crippen LogP contribution in [0.5, 0.6) is 0 Å². The summed E-state index contributed by atoms with van der Waals surface area (Å²) in [6.45, 7) is 1.87. The molecule has 5 heteroatoms. The van der Waals surface area contributed by atoms with Crippen molar-refractivity contribution in [2.75, 3.05) is 5.32 Å².